The van der Waals surface area contributed by atoms with Gasteiger partial charge in [-0.2, -0.15) is 23.8 Å². The van der Waals surface area contributed by atoms with Crippen LogP contribution in [0.1, 0.15) is 36.5 Å². The number of fused-ring (bicyclic) bond motifs is 3. The molecule has 0 radical (unpaired) electrons. The third-order valence-electron chi connectivity index (χ3n) is 6.00. The monoisotopic (exact) mass is 598 g/mol. The molecule has 0 atom stereocenters. The van der Waals surface area contributed by atoms with E-state index in [1.165, 1.54) is 65.7 Å². The van der Waals surface area contributed by atoms with Gasteiger partial charge < -0.3 is 24.8 Å². The predicted molar refractivity (Wildman–Crippen MR) is 149 cm³/mol. The number of hydrogen-bond acceptors (Lipinski definition) is 0. The van der Waals surface area contributed by atoms with Crippen molar-refractivity contribution in [3.05, 3.63) is 156 Å². The summed E-state index contributed by atoms with van der Waals surface area (Å²) < 4.78 is 1.42. The second-order valence-corrected chi connectivity index (χ2v) is 10.0. The normalized spacial score (nSPS) is 9.86. The minimum Gasteiger partial charge on any atom is -0.126 e. The second kappa shape index (κ2) is 15.6. The van der Waals surface area contributed by atoms with Gasteiger partial charge in [-0.3, -0.25) is 0 Å². The summed E-state index contributed by atoms with van der Waals surface area (Å²) >= 11 is 1.46. The van der Waals surface area contributed by atoms with Crippen LogP contribution in [0.3, 0.4) is 0 Å². The summed E-state index contributed by atoms with van der Waals surface area (Å²) in [7, 11) is 0. The standard InChI is InChI=1S/C13H9.C13H10.C8H11.2ClH.Zr/c1-3-7-12-10(5-1)9-11-6-2-4-8-13(11)12;1-3-7-12(8-4-1)11-13-9-5-2-6-10-13;1-7(2)8-5-3-4-6-8;;;/h1-9H;1-10H;3-7H,1-2H3;2*1H;/q-1;;-1;;;+2/p-2. The Hall–Kier alpha value is -2.57. The van der Waals surface area contributed by atoms with Crippen molar-refractivity contribution in [1.82, 2.24) is 0 Å². The first-order chi connectivity index (χ1) is 17.1. The fourth-order valence-corrected chi connectivity index (χ4v) is 4.87. The molecule has 6 rings (SSSR count). The van der Waals surface area contributed by atoms with Crippen molar-refractivity contribution in [1.29, 1.82) is 0 Å². The van der Waals surface area contributed by atoms with Crippen LogP contribution in [-0.4, -0.2) is 3.21 Å². The largest absolute Gasteiger partial charge is 0.126 e. The van der Waals surface area contributed by atoms with Gasteiger partial charge in [-0.15, -0.1) is 39.7 Å². The topological polar surface area (TPSA) is 0 Å². The van der Waals surface area contributed by atoms with E-state index >= 15 is 0 Å². The molecule has 186 valence electrons. The smallest absolute Gasteiger partial charge is 0.0771 e. The molecule has 6 aromatic rings. The van der Waals surface area contributed by atoms with E-state index in [1.807, 2.05) is 0 Å². The van der Waals surface area contributed by atoms with Crippen LogP contribution in [0.15, 0.2) is 140 Å². The van der Waals surface area contributed by atoms with Crippen LogP contribution >= 0.6 is 0 Å². The molecule has 0 aliphatic carbocycles. The van der Waals surface area contributed by atoms with Crippen molar-refractivity contribution in [2.24, 2.45) is 0 Å². The predicted octanol–water partition coefficient (Wildman–Crippen LogP) is 3.05. The van der Waals surface area contributed by atoms with E-state index in [0.29, 0.717) is 5.92 Å². The third kappa shape index (κ3) is 8.47. The molecule has 0 spiro atoms. The minimum atomic E-state index is 0. The minimum absolute atomic E-state index is 0. The molecule has 0 saturated heterocycles. The van der Waals surface area contributed by atoms with Crippen molar-refractivity contribution >= 4 is 24.8 Å². The van der Waals surface area contributed by atoms with Crippen molar-refractivity contribution in [2.45, 2.75) is 19.8 Å². The molecular formula is C34H30Cl2Zr-2. The number of halogens is 2. The summed E-state index contributed by atoms with van der Waals surface area (Å²) in [6, 6.07) is 48.9. The average Bonchev–Trinajstić information content (AvgIpc) is 3.59. The summed E-state index contributed by atoms with van der Waals surface area (Å²) in [5, 5.41) is 5.39. The van der Waals surface area contributed by atoms with E-state index in [1.54, 1.807) is 0 Å². The van der Waals surface area contributed by atoms with Crippen LogP contribution < -0.4 is 24.8 Å². The SMILES string of the molecule is CC(C)c1cc[cH-]c1.[Cl-].[Cl-].[Zr+2]=[C](c1ccccc1)c1ccccc1.c1ccc2c(c1)[cH-]c1ccccc12. The molecule has 6 aromatic carbocycles. The number of hydrogen-bond donors (Lipinski definition) is 0. The molecule has 0 aliphatic heterocycles. The van der Waals surface area contributed by atoms with Gasteiger partial charge >= 0.3 is 99.2 Å². The zero-order valence-corrected chi connectivity index (χ0v) is 25.1. The Morgan fingerprint density at radius 3 is 1.41 bits per heavy atom. The van der Waals surface area contributed by atoms with E-state index in [-0.39, 0.29) is 24.8 Å². The summed E-state index contributed by atoms with van der Waals surface area (Å²) in [6.45, 7) is 4.41. The fraction of sp³-hybridized carbons (Fsp3) is 0.0882. The number of benzene rings is 4. The Bertz CT molecular complexity index is 1370. The van der Waals surface area contributed by atoms with Gasteiger partial charge in [-0.1, -0.05) is 56.2 Å². The number of rotatable bonds is 3. The molecule has 0 bridgehead atoms. The molecule has 0 aliphatic rings. The zero-order chi connectivity index (χ0) is 24.5. The van der Waals surface area contributed by atoms with Crippen molar-refractivity contribution in [3.8, 4) is 0 Å². The second-order valence-electron chi connectivity index (χ2n) is 8.80. The molecule has 0 heterocycles. The Kier molecular flexibility index (Phi) is 13.0. The van der Waals surface area contributed by atoms with E-state index in [4.69, 9.17) is 0 Å². The Morgan fingerprint density at radius 2 is 1.03 bits per heavy atom. The summed E-state index contributed by atoms with van der Waals surface area (Å²) in [4.78, 5) is 0. The van der Waals surface area contributed by atoms with Crippen LogP contribution in [0.25, 0.3) is 21.5 Å². The van der Waals surface area contributed by atoms with Crippen LogP contribution in [-0.2, 0) is 24.2 Å². The maximum Gasteiger partial charge on any atom is -0.0771 e. The van der Waals surface area contributed by atoms with Gasteiger partial charge in [-0.25, -0.2) is 6.07 Å². The fourth-order valence-electron chi connectivity index (χ4n) is 4.05. The van der Waals surface area contributed by atoms with Crippen molar-refractivity contribution in [2.75, 3.05) is 0 Å². The van der Waals surface area contributed by atoms with Gasteiger partial charge in [0.05, 0.1) is 0 Å². The first-order valence-electron chi connectivity index (χ1n) is 12.1. The van der Waals surface area contributed by atoms with E-state index < -0.39 is 0 Å². The first kappa shape index (κ1) is 30.7. The van der Waals surface area contributed by atoms with E-state index in [9.17, 15) is 0 Å². The molecule has 37 heavy (non-hydrogen) atoms. The summed E-state index contributed by atoms with van der Waals surface area (Å²) in [6.07, 6.45) is 0. The Balaban J connectivity index is 0.000000197. The molecule has 0 unspecified atom stereocenters. The third-order valence-corrected chi connectivity index (χ3v) is 7.42. The van der Waals surface area contributed by atoms with Gasteiger partial charge in [0.1, 0.15) is 0 Å². The quantitative estimate of drug-likeness (QED) is 0.274. The molecular weight excluding hydrogens is 571 g/mol. The molecule has 0 nitrogen and oxygen atoms in total. The Morgan fingerprint density at radius 1 is 0.595 bits per heavy atom. The van der Waals surface area contributed by atoms with Gasteiger partial charge in [0.25, 0.3) is 0 Å². The van der Waals surface area contributed by atoms with Gasteiger partial charge in [-0.05, 0) is 0 Å². The molecule has 0 N–H and O–H groups in total. The van der Waals surface area contributed by atoms with Crippen LogP contribution in [0.4, 0.5) is 0 Å². The summed E-state index contributed by atoms with van der Waals surface area (Å²) in [5.74, 6) is 0.685. The van der Waals surface area contributed by atoms with Crippen molar-refractivity contribution < 1.29 is 49.0 Å². The van der Waals surface area contributed by atoms with Gasteiger partial charge in [0.2, 0.25) is 0 Å². The van der Waals surface area contributed by atoms with Crippen LogP contribution in [0.2, 0.25) is 0 Å². The van der Waals surface area contributed by atoms with Crippen LogP contribution in [0.5, 0.6) is 0 Å². The van der Waals surface area contributed by atoms with Crippen molar-refractivity contribution in [3.63, 3.8) is 0 Å². The molecule has 0 amide bonds. The molecule has 0 fully saturated rings. The molecule has 0 saturated carbocycles. The zero-order valence-electron chi connectivity index (χ0n) is 21.1. The Labute approximate surface area is 248 Å². The van der Waals surface area contributed by atoms with E-state index in [2.05, 4.69) is 153 Å². The molecule has 3 heteroatoms. The average molecular weight is 601 g/mol. The maximum atomic E-state index is 2.24. The van der Waals surface area contributed by atoms with Gasteiger partial charge in [0, 0.05) is 0 Å². The summed E-state index contributed by atoms with van der Waals surface area (Å²) in [5.41, 5.74) is 4.10. The van der Waals surface area contributed by atoms with Crippen LogP contribution in [0, 0.1) is 0 Å². The molecule has 0 aromatic heterocycles. The van der Waals surface area contributed by atoms with Gasteiger partial charge in [0.15, 0.2) is 0 Å². The first-order valence-corrected chi connectivity index (χ1v) is 13.3. The van der Waals surface area contributed by atoms with E-state index in [0.717, 1.165) is 0 Å². The maximum absolute atomic E-state index is 2.24.